The molecule has 0 aliphatic rings. The average molecular weight is 396 g/mol. The van der Waals surface area contributed by atoms with Gasteiger partial charge in [-0.1, -0.05) is 54.1 Å². The number of fused-ring (bicyclic) bond motifs is 1. The summed E-state index contributed by atoms with van der Waals surface area (Å²) in [7, 11) is 0. The van der Waals surface area contributed by atoms with Crippen LogP contribution in [0.15, 0.2) is 65.8 Å². The van der Waals surface area contributed by atoms with Crippen LogP contribution in [-0.2, 0) is 11.2 Å². The Hall–Kier alpha value is -3.38. The van der Waals surface area contributed by atoms with Crippen molar-refractivity contribution in [3.8, 4) is 5.75 Å². The number of phenolic OH excluding ortho intramolecular Hbond substituents is 1. The van der Waals surface area contributed by atoms with Crippen LogP contribution in [0.1, 0.15) is 15.9 Å². The van der Waals surface area contributed by atoms with Gasteiger partial charge in [-0.2, -0.15) is 5.10 Å². The van der Waals surface area contributed by atoms with E-state index in [1.807, 2.05) is 36.4 Å². The molecule has 3 N–H and O–H groups in total. The third-order valence-electron chi connectivity index (χ3n) is 4.07. The Morgan fingerprint density at radius 3 is 2.71 bits per heavy atom. The highest BCUT2D eigenvalue weighted by molar-refractivity contribution is 6.31. The molecule has 0 atom stereocenters. The Balaban J connectivity index is 1.49. The zero-order chi connectivity index (χ0) is 19.9. The summed E-state index contributed by atoms with van der Waals surface area (Å²) in [5.74, 6) is -0.665. The van der Waals surface area contributed by atoms with Crippen LogP contribution in [0.4, 0.5) is 0 Å². The lowest BCUT2D eigenvalue weighted by atomic mass is 10.0. The number of phenols is 1. The summed E-state index contributed by atoms with van der Waals surface area (Å²) in [5.41, 5.74) is 3.41. The number of amides is 2. The summed E-state index contributed by atoms with van der Waals surface area (Å²) in [6, 6.07) is 17.7. The number of halogens is 1. The molecule has 0 aliphatic heterocycles. The summed E-state index contributed by atoms with van der Waals surface area (Å²) in [6.07, 6.45) is 1.84. The third kappa shape index (κ3) is 4.86. The molecular weight excluding hydrogens is 378 g/mol. The maximum atomic E-state index is 11.9. The number of hydrogen-bond acceptors (Lipinski definition) is 4. The second-order valence-corrected chi connectivity index (χ2v) is 6.47. The lowest BCUT2D eigenvalue weighted by Crippen LogP contribution is -2.34. The predicted octanol–water partition coefficient (Wildman–Crippen LogP) is 3.27. The molecular formula is C21H18ClN3O3. The van der Waals surface area contributed by atoms with Crippen molar-refractivity contribution in [1.29, 1.82) is 0 Å². The smallest absolute Gasteiger partial charge is 0.259 e. The Kier molecular flexibility index (Phi) is 6.24. The van der Waals surface area contributed by atoms with Gasteiger partial charge in [-0.05, 0) is 29.1 Å². The second kappa shape index (κ2) is 9.01. The molecule has 7 heteroatoms. The van der Waals surface area contributed by atoms with Gasteiger partial charge in [0.05, 0.1) is 6.54 Å². The zero-order valence-electron chi connectivity index (χ0n) is 14.9. The molecule has 2 amide bonds. The number of benzene rings is 3. The van der Waals surface area contributed by atoms with Gasteiger partial charge in [-0.25, -0.2) is 5.43 Å². The van der Waals surface area contributed by atoms with Crippen molar-refractivity contribution < 1.29 is 14.7 Å². The van der Waals surface area contributed by atoms with E-state index in [4.69, 9.17) is 11.6 Å². The van der Waals surface area contributed by atoms with Gasteiger partial charge in [0.1, 0.15) is 5.75 Å². The first-order chi connectivity index (χ1) is 13.5. The van der Waals surface area contributed by atoms with Crippen LogP contribution in [0.5, 0.6) is 5.75 Å². The van der Waals surface area contributed by atoms with Crippen LogP contribution in [0.2, 0.25) is 5.02 Å². The van der Waals surface area contributed by atoms with E-state index in [0.717, 1.165) is 10.8 Å². The standard InChI is InChI=1S/C21H18ClN3O3/c22-17-6-3-5-16(12-17)21(28)23-13-19(26)25-24-11-10-15-9-8-14-4-1-2-7-18(14)20(15)27/h1-9,11-12,27H,10,13H2,(H,23,28)(H,25,26). The fourth-order valence-corrected chi connectivity index (χ4v) is 2.85. The minimum atomic E-state index is -0.464. The molecule has 0 unspecified atom stereocenters. The van der Waals surface area contributed by atoms with E-state index in [0.29, 0.717) is 22.6 Å². The highest BCUT2D eigenvalue weighted by Crippen LogP contribution is 2.28. The van der Waals surface area contributed by atoms with Crippen molar-refractivity contribution in [3.05, 3.63) is 76.8 Å². The Bertz CT molecular complexity index is 1050. The number of nitrogens with one attached hydrogen (secondary N) is 2. The molecule has 0 saturated carbocycles. The van der Waals surface area contributed by atoms with Crippen LogP contribution >= 0.6 is 11.6 Å². The van der Waals surface area contributed by atoms with Crippen molar-refractivity contribution in [2.75, 3.05) is 6.54 Å². The zero-order valence-corrected chi connectivity index (χ0v) is 15.6. The number of rotatable bonds is 6. The highest BCUT2D eigenvalue weighted by atomic mass is 35.5. The predicted molar refractivity (Wildman–Crippen MR) is 110 cm³/mol. The maximum Gasteiger partial charge on any atom is 0.259 e. The Labute approximate surface area is 166 Å². The Morgan fingerprint density at radius 2 is 1.89 bits per heavy atom. The maximum absolute atomic E-state index is 11.9. The fourth-order valence-electron chi connectivity index (χ4n) is 2.66. The molecule has 0 heterocycles. The molecule has 6 nitrogen and oxygen atoms in total. The fraction of sp³-hybridized carbons (Fsp3) is 0.0952. The van der Waals surface area contributed by atoms with Crippen molar-refractivity contribution in [2.24, 2.45) is 5.10 Å². The van der Waals surface area contributed by atoms with Crippen LogP contribution in [0.25, 0.3) is 10.8 Å². The van der Waals surface area contributed by atoms with Gasteiger partial charge in [0.2, 0.25) is 0 Å². The summed E-state index contributed by atoms with van der Waals surface area (Å²) >= 11 is 5.83. The van der Waals surface area contributed by atoms with Gasteiger partial charge in [-0.15, -0.1) is 0 Å². The molecule has 3 aromatic carbocycles. The third-order valence-corrected chi connectivity index (χ3v) is 4.31. The van der Waals surface area contributed by atoms with Crippen molar-refractivity contribution in [2.45, 2.75) is 6.42 Å². The normalized spacial score (nSPS) is 10.9. The lowest BCUT2D eigenvalue weighted by Gasteiger charge is -2.06. The number of carbonyl (C=O) groups is 2. The summed E-state index contributed by atoms with van der Waals surface area (Å²) in [5, 5.41) is 18.8. The van der Waals surface area contributed by atoms with E-state index >= 15 is 0 Å². The molecule has 0 aliphatic carbocycles. The Morgan fingerprint density at radius 1 is 1.07 bits per heavy atom. The molecule has 3 aromatic rings. The molecule has 142 valence electrons. The van der Waals surface area contributed by atoms with Gasteiger partial charge >= 0.3 is 0 Å². The summed E-state index contributed by atoms with van der Waals surface area (Å²) < 4.78 is 0. The van der Waals surface area contributed by atoms with E-state index in [-0.39, 0.29) is 12.3 Å². The molecule has 0 aromatic heterocycles. The number of hydrazone groups is 1. The van der Waals surface area contributed by atoms with Crippen LogP contribution in [0, 0.1) is 0 Å². The topological polar surface area (TPSA) is 90.8 Å². The van der Waals surface area contributed by atoms with Gasteiger partial charge < -0.3 is 10.4 Å². The van der Waals surface area contributed by atoms with Crippen molar-refractivity contribution >= 4 is 40.4 Å². The van der Waals surface area contributed by atoms with Crippen LogP contribution < -0.4 is 10.7 Å². The first-order valence-corrected chi connectivity index (χ1v) is 8.96. The number of hydrogen-bond donors (Lipinski definition) is 3. The molecule has 3 rings (SSSR count). The van der Waals surface area contributed by atoms with Gasteiger partial charge in [0.15, 0.2) is 0 Å². The minimum absolute atomic E-state index is 0.199. The van der Waals surface area contributed by atoms with Crippen LogP contribution in [0.3, 0.4) is 0 Å². The second-order valence-electron chi connectivity index (χ2n) is 6.04. The van der Waals surface area contributed by atoms with Crippen LogP contribution in [-0.4, -0.2) is 29.7 Å². The number of nitrogens with zero attached hydrogens (tertiary/aromatic N) is 1. The van der Waals surface area contributed by atoms with E-state index < -0.39 is 11.8 Å². The van der Waals surface area contributed by atoms with E-state index in [1.165, 1.54) is 12.3 Å². The van der Waals surface area contributed by atoms with Gasteiger partial charge in [-0.3, -0.25) is 9.59 Å². The van der Waals surface area contributed by atoms with E-state index in [9.17, 15) is 14.7 Å². The molecule has 28 heavy (non-hydrogen) atoms. The van der Waals surface area contributed by atoms with E-state index in [1.54, 1.807) is 18.2 Å². The monoisotopic (exact) mass is 395 g/mol. The summed E-state index contributed by atoms with van der Waals surface area (Å²) in [6.45, 7) is -0.218. The van der Waals surface area contributed by atoms with Gasteiger partial charge in [0, 0.05) is 28.6 Å². The van der Waals surface area contributed by atoms with Gasteiger partial charge in [0.25, 0.3) is 11.8 Å². The average Bonchev–Trinajstić information content (AvgIpc) is 2.71. The first kappa shape index (κ1) is 19.4. The van der Waals surface area contributed by atoms with E-state index in [2.05, 4.69) is 15.8 Å². The number of carbonyl (C=O) groups excluding carboxylic acids is 2. The largest absolute Gasteiger partial charge is 0.507 e. The minimum Gasteiger partial charge on any atom is -0.507 e. The molecule has 0 fully saturated rings. The van der Waals surface area contributed by atoms with Crippen molar-refractivity contribution in [3.63, 3.8) is 0 Å². The molecule has 0 saturated heterocycles. The highest BCUT2D eigenvalue weighted by Gasteiger charge is 2.08. The quantitative estimate of drug-likeness (QED) is 0.442. The first-order valence-electron chi connectivity index (χ1n) is 8.58. The molecule has 0 spiro atoms. The molecule has 0 radical (unpaired) electrons. The van der Waals surface area contributed by atoms with Crippen molar-refractivity contribution in [1.82, 2.24) is 10.7 Å². The molecule has 0 bridgehead atoms. The summed E-state index contributed by atoms with van der Waals surface area (Å²) in [4.78, 5) is 23.7. The SMILES string of the molecule is O=C(CNC(=O)c1cccc(Cl)c1)NN=CCc1ccc2ccccc2c1O. The number of aromatic hydroxyl groups is 1. The lowest BCUT2D eigenvalue weighted by molar-refractivity contribution is -0.120.